The van der Waals surface area contributed by atoms with Crippen molar-refractivity contribution < 1.29 is 9.47 Å². The minimum Gasteiger partial charge on any atom is -0.497 e. The van der Waals surface area contributed by atoms with Gasteiger partial charge >= 0.3 is 0 Å². The summed E-state index contributed by atoms with van der Waals surface area (Å²) < 4.78 is 15.7. The second kappa shape index (κ2) is 7.36. The lowest BCUT2D eigenvalue weighted by Gasteiger charge is -2.09. The van der Waals surface area contributed by atoms with Gasteiger partial charge in [0.2, 0.25) is 0 Å². The number of nitrogens with zero attached hydrogens (tertiary/aromatic N) is 2. The average Bonchev–Trinajstić information content (AvgIpc) is 3.19. The van der Waals surface area contributed by atoms with Crippen molar-refractivity contribution in [3.8, 4) is 33.9 Å². The van der Waals surface area contributed by atoms with E-state index >= 15 is 0 Å². The van der Waals surface area contributed by atoms with E-state index in [1.165, 1.54) is 46.4 Å². The lowest BCUT2D eigenvalue weighted by molar-refractivity contribution is 0.340. The molecule has 3 heterocycles. The van der Waals surface area contributed by atoms with Crippen LogP contribution in [0.3, 0.4) is 0 Å². The van der Waals surface area contributed by atoms with Crippen molar-refractivity contribution in [1.82, 2.24) is 8.97 Å². The average molecular weight is 386 g/mol. The first-order chi connectivity index (χ1) is 14.3. The second-order valence-corrected chi connectivity index (χ2v) is 7.56. The van der Waals surface area contributed by atoms with Crippen LogP contribution in [0.1, 0.15) is 25.3 Å². The van der Waals surface area contributed by atoms with Crippen molar-refractivity contribution in [3.05, 3.63) is 66.5 Å². The van der Waals surface area contributed by atoms with Crippen LogP contribution in [0.5, 0.6) is 11.5 Å². The van der Waals surface area contributed by atoms with Gasteiger partial charge in [0.05, 0.1) is 19.4 Å². The van der Waals surface area contributed by atoms with Gasteiger partial charge in [-0.3, -0.25) is 0 Å². The van der Waals surface area contributed by atoms with Crippen molar-refractivity contribution in [3.63, 3.8) is 0 Å². The SMILES string of the molecule is CCOc1ccc(-c2cn3cc(-c4ccc(OC)cc4)c4c3n2CCCC4)cc1. The molecule has 29 heavy (non-hydrogen) atoms. The molecule has 4 heteroatoms. The summed E-state index contributed by atoms with van der Waals surface area (Å²) >= 11 is 0. The van der Waals surface area contributed by atoms with E-state index in [4.69, 9.17) is 9.47 Å². The highest BCUT2D eigenvalue weighted by atomic mass is 16.5. The molecule has 0 saturated carbocycles. The first-order valence-electron chi connectivity index (χ1n) is 10.4. The molecule has 0 atom stereocenters. The minimum absolute atomic E-state index is 0.692. The maximum absolute atomic E-state index is 5.61. The molecule has 0 bridgehead atoms. The molecule has 0 N–H and O–H groups in total. The first kappa shape index (κ1) is 17.9. The van der Waals surface area contributed by atoms with Crippen LogP contribution in [0.2, 0.25) is 0 Å². The van der Waals surface area contributed by atoms with Crippen LogP contribution in [-0.4, -0.2) is 22.7 Å². The smallest absolute Gasteiger partial charge is 0.121 e. The molecular formula is C25H26N2O2. The van der Waals surface area contributed by atoms with E-state index in [-0.39, 0.29) is 0 Å². The van der Waals surface area contributed by atoms with E-state index in [0.717, 1.165) is 24.5 Å². The fourth-order valence-corrected chi connectivity index (χ4v) is 4.45. The Balaban J connectivity index is 1.61. The van der Waals surface area contributed by atoms with Gasteiger partial charge in [0.15, 0.2) is 0 Å². The van der Waals surface area contributed by atoms with Crippen molar-refractivity contribution in [2.24, 2.45) is 0 Å². The van der Waals surface area contributed by atoms with Gasteiger partial charge in [-0.15, -0.1) is 0 Å². The van der Waals surface area contributed by atoms with Gasteiger partial charge in [0, 0.05) is 30.1 Å². The monoisotopic (exact) mass is 386 g/mol. The van der Waals surface area contributed by atoms with Gasteiger partial charge in [0.1, 0.15) is 17.1 Å². The van der Waals surface area contributed by atoms with Crippen LogP contribution in [0, 0.1) is 0 Å². The number of rotatable bonds is 5. The molecule has 0 aliphatic carbocycles. The molecule has 0 radical (unpaired) electrons. The summed E-state index contributed by atoms with van der Waals surface area (Å²) in [6.07, 6.45) is 8.09. The van der Waals surface area contributed by atoms with E-state index in [1.807, 2.05) is 19.1 Å². The number of benzene rings is 2. The van der Waals surface area contributed by atoms with Crippen molar-refractivity contribution >= 4 is 5.65 Å². The first-order valence-corrected chi connectivity index (χ1v) is 10.4. The van der Waals surface area contributed by atoms with Gasteiger partial charge in [0.25, 0.3) is 0 Å². The third-order valence-corrected chi connectivity index (χ3v) is 5.84. The molecule has 148 valence electrons. The van der Waals surface area contributed by atoms with Crippen LogP contribution in [0.25, 0.3) is 28.0 Å². The quantitative estimate of drug-likeness (QED) is 0.432. The molecule has 1 aliphatic heterocycles. The number of imidazole rings is 1. The molecule has 5 rings (SSSR count). The molecule has 4 aromatic rings. The minimum atomic E-state index is 0.692. The number of ether oxygens (including phenoxy) is 2. The zero-order valence-corrected chi connectivity index (χ0v) is 17.0. The molecule has 0 saturated heterocycles. The predicted molar refractivity (Wildman–Crippen MR) is 117 cm³/mol. The van der Waals surface area contributed by atoms with E-state index in [9.17, 15) is 0 Å². The molecule has 4 nitrogen and oxygen atoms in total. The van der Waals surface area contributed by atoms with Crippen LogP contribution in [-0.2, 0) is 13.0 Å². The zero-order valence-electron chi connectivity index (χ0n) is 17.0. The van der Waals surface area contributed by atoms with Crippen LogP contribution < -0.4 is 9.47 Å². The molecule has 0 unspecified atom stereocenters. The summed E-state index contributed by atoms with van der Waals surface area (Å²) in [5.41, 5.74) is 7.86. The van der Waals surface area contributed by atoms with Crippen molar-refractivity contribution in [1.29, 1.82) is 0 Å². The lowest BCUT2D eigenvalue weighted by Crippen LogP contribution is -1.99. The van der Waals surface area contributed by atoms with E-state index in [2.05, 4.69) is 57.8 Å². The third kappa shape index (κ3) is 3.09. The van der Waals surface area contributed by atoms with E-state index in [0.29, 0.717) is 6.61 Å². The normalized spacial score (nSPS) is 13.4. The highest BCUT2D eigenvalue weighted by Crippen LogP contribution is 2.36. The van der Waals surface area contributed by atoms with Gasteiger partial charge in [-0.05, 0) is 73.7 Å². The highest BCUT2D eigenvalue weighted by Gasteiger charge is 2.21. The summed E-state index contributed by atoms with van der Waals surface area (Å²) in [5.74, 6) is 1.82. The topological polar surface area (TPSA) is 27.8 Å². The molecule has 0 amide bonds. The number of aromatic nitrogens is 2. The van der Waals surface area contributed by atoms with E-state index in [1.54, 1.807) is 7.11 Å². The summed E-state index contributed by atoms with van der Waals surface area (Å²) in [7, 11) is 1.71. The Kier molecular flexibility index (Phi) is 4.55. The van der Waals surface area contributed by atoms with E-state index < -0.39 is 0 Å². The lowest BCUT2D eigenvalue weighted by atomic mass is 10.0. The van der Waals surface area contributed by atoms with Crippen molar-refractivity contribution in [2.75, 3.05) is 13.7 Å². The van der Waals surface area contributed by atoms with Gasteiger partial charge in [-0.2, -0.15) is 0 Å². The Labute approximate surface area is 171 Å². The summed E-state index contributed by atoms with van der Waals surface area (Å²) in [6, 6.07) is 16.9. The van der Waals surface area contributed by atoms with Gasteiger partial charge in [-0.1, -0.05) is 12.1 Å². The van der Waals surface area contributed by atoms with Crippen LogP contribution >= 0.6 is 0 Å². The molecule has 0 spiro atoms. The summed E-state index contributed by atoms with van der Waals surface area (Å²) in [4.78, 5) is 0. The van der Waals surface area contributed by atoms with Gasteiger partial charge in [-0.25, -0.2) is 0 Å². The maximum atomic E-state index is 5.61. The largest absolute Gasteiger partial charge is 0.497 e. The number of hydrogen-bond donors (Lipinski definition) is 0. The standard InChI is InChI=1S/C25H26N2O2/c1-3-29-21-13-9-19(10-14-21)24-17-26-16-23(18-7-11-20(28-2)12-8-18)22-6-4-5-15-27(24)25(22)26/h7-14,16-17H,3-6,15H2,1-2H3. The maximum Gasteiger partial charge on any atom is 0.121 e. The Morgan fingerprint density at radius 2 is 1.59 bits per heavy atom. The Hall–Kier alpha value is -3.14. The predicted octanol–water partition coefficient (Wildman–Crippen LogP) is 5.82. The molecule has 0 fully saturated rings. The molecule has 2 aromatic carbocycles. The third-order valence-electron chi connectivity index (χ3n) is 5.84. The second-order valence-electron chi connectivity index (χ2n) is 7.56. The summed E-state index contributed by atoms with van der Waals surface area (Å²) in [5, 5.41) is 0. The molecule has 1 aliphatic rings. The number of hydrogen-bond acceptors (Lipinski definition) is 2. The molecular weight excluding hydrogens is 360 g/mol. The van der Waals surface area contributed by atoms with Crippen molar-refractivity contribution in [2.45, 2.75) is 32.7 Å². The number of methoxy groups -OCH3 is 1. The van der Waals surface area contributed by atoms with Crippen LogP contribution in [0.4, 0.5) is 0 Å². The Bertz CT molecular complexity index is 1130. The fourth-order valence-electron chi connectivity index (χ4n) is 4.45. The highest BCUT2D eigenvalue weighted by molar-refractivity contribution is 5.78. The number of aryl methyl sites for hydroxylation is 2. The fraction of sp³-hybridized carbons (Fsp3) is 0.280. The summed E-state index contributed by atoms with van der Waals surface area (Å²) in [6.45, 7) is 3.76. The van der Waals surface area contributed by atoms with Gasteiger partial charge < -0.3 is 18.4 Å². The van der Waals surface area contributed by atoms with Crippen LogP contribution in [0.15, 0.2) is 60.9 Å². The Morgan fingerprint density at radius 1 is 0.862 bits per heavy atom. The zero-order chi connectivity index (χ0) is 19.8. The molecule has 2 aromatic heterocycles. The Morgan fingerprint density at radius 3 is 2.31 bits per heavy atom.